The summed E-state index contributed by atoms with van der Waals surface area (Å²) in [6.07, 6.45) is 0.922. The van der Waals surface area contributed by atoms with Crippen LogP contribution in [0.2, 0.25) is 0 Å². The first-order valence-corrected chi connectivity index (χ1v) is 8.11. The van der Waals surface area contributed by atoms with Gasteiger partial charge in [0.2, 0.25) is 15.9 Å². The van der Waals surface area contributed by atoms with Gasteiger partial charge < -0.3 is 10.1 Å². The van der Waals surface area contributed by atoms with Gasteiger partial charge in [0.25, 0.3) is 0 Å². The lowest BCUT2D eigenvalue weighted by molar-refractivity contribution is -0.120. The van der Waals surface area contributed by atoms with Crippen molar-refractivity contribution in [1.29, 1.82) is 0 Å². The molecule has 0 radical (unpaired) electrons. The summed E-state index contributed by atoms with van der Waals surface area (Å²) in [4.78, 5) is 11.9. The van der Waals surface area contributed by atoms with E-state index in [-0.39, 0.29) is 11.7 Å². The number of methoxy groups -OCH3 is 1. The zero-order chi connectivity index (χ0) is 16.0. The van der Waals surface area contributed by atoms with Crippen molar-refractivity contribution in [3.63, 3.8) is 0 Å². The van der Waals surface area contributed by atoms with Crippen LogP contribution >= 0.6 is 0 Å². The molecule has 0 aliphatic rings. The molecule has 6 nitrogen and oxygen atoms in total. The molecule has 118 valence electrons. The molecule has 8 heteroatoms. The van der Waals surface area contributed by atoms with Crippen LogP contribution in [-0.2, 0) is 19.6 Å². The maximum absolute atomic E-state index is 13.7. The number of halogens is 1. The number of carbonyl (C=O) groups is 1. The topological polar surface area (TPSA) is 75.7 Å². The van der Waals surface area contributed by atoms with Gasteiger partial charge in [-0.15, -0.1) is 0 Å². The summed E-state index contributed by atoms with van der Waals surface area (Å²) >= 11 is 0. The van der Waals surface area contributed by atoms with E-state index in [9.17, 15) is 17.6 Å². The van der Waals surface area contributed by atoms with Gasteiger partial charge in [0.05, 0.1) is 18.6 Å². The largest absolute Gasteiger partial charge is 0.383 e. The monoisotopic (exact) mass is 318 g/mol. The van der Waals surface area contributed by atoms with Crippen molar-refractivity contribution in [2.75, 3.05) is 30.8 Å². The molecule has 1 aromatic rings. The molecular formula is C13H19FN2O4S. The van der Waals surface area contributed by atoms with Gasteiger partial charge in [-0.1, -0.05) is 12.1 Å². The van der Waals surface area contributed by atoms with Crippen molar-refractivity contribution < 1.29 is 22.3 Å². The highest BCUT2D eigenvalue weighted by Crippen LogP contribution is 2.20. The molecule has 21 heavy (non-hydrogen) atoms. The van der Waals surface area contributed by atoms with E-state index in [1.807, 2.05) is 0 Å². The second kappa shape index (κ2) is 7.37. The molecular weight excluding hydrogens is 299 g/mol. The third-order valence-electron chi connectivity index (χ3n) is 2.63. The molecule has 1 aromatic carbocycles. The lowest BCUT2D eigenvalue weighted by Gasteiger charge is -2.23. The second-order valence-electron chi connectivity index (χ2n) is 4.64. The van der Waals surface area contributed by atoms with Gasteiger partial charge in [0.1, 0.15) is 12.4 Å². The van der Waals surface area contributed by atoms with Crippen LogP contribution < -0.4 is 9.62 Å². The normalized spacial score (nSPS) is 12.8. The Morgan fingerprint density at radius 3 is 2.57 bits per heavy atom. The van der Waals surface area contributed by atoms with Crippen molar-refractivity contribution in [2.45, 2.75) is 13.0 Å². The van der Waals surface area contributed by atoms with E-state index in [2.05, 4.69) is 5.32 Å². The zero-order valence-corrected chi connectivity index (χ0v) is 13.0. The molecule has 0 unspecified atom stereocenters. The van der Waals surface area contributed by atoms with Crippen LogP contribution in [0.4, 0.5) is 10.1 Å². The van der Waals surface area contributed by atoms with Crippen molar-refractivity contribution >= 4 is 21.6 Å². The van der Waals surface area contributed by atoms with Crippen LogP contribution in [0.5, 0.6) is 0 Å². The van der Waals surface area contributed by atoms with Gasteiger partial charge in [-0.05, 0) is 19.1 Å². The minimum absolute atomic E-state index is 0.158. The molecule has 0 fully saturated rings. The SMILES string of the molecule is COC[C@H](C)NC(=O)CN(c1ccccc1F)S(C)(=O)=O. The Morgan fingerprint density at radius 1 is 1.43 bits per heavy atom. The van der Waals surface area contributed by atoms with Crippen LogP contribution in [0.25, 0.3) is 0 Å². The van der Waals surface area contributed by atoms with Crippen LogP contribution in [0.1, 0.15) is 6.92 Å². The molecule has 1 N–H and O–H groups in total. The van der Waals surface area contributed by atoms with Gasteiger partial charge in [-0.3, -0.25) is 9.10 Å². The lowest BCUT2D eigenvalue weighted by Crippen LogP contribution is -2.44. The average molecular weight is 318 g/mol. The number of hydrogen-bond donors (Lipinski definition) is 1. The highest BCUT2D eigenvalue weighted by atomic mass is 32.2. The number of hydrogen-bond acceptors (Lipinski definition) is 4. The van der Waals surface area contributed by atoms with E-state index in [1.54, 1.807) is 6.92 Å². The Balaban J connectivity index is 2.92. The molecule has 0 aromatic heterocycles. The van der Waals surface area contributed by atoms with Crippen molar-refractivity contribution in [3.8, 4) is 0 Å². The Hall–Kier alpha value is -1.67. The van der Waals surface area contributed by atoms with E-state index in [0.717, 1.165) is 16.6 Å². The summed E-state index contributed by atoms with van der Waals surface area (Å²) in [5.74, 6) is -1.24. The summed E-state index contributed by atoms with van der Waals surface area (Å²) in [7, 11) is -2.29. The first kappa shape index (κ1) is 17.4. The molecule has 0 saturated carbocycles. The number of nitrogens with one attached hydrogen (secondary N) is 1. The summed E-state index contributed by atoms with van der Waals surface area (Å²) in [5, 5.41) is 2.58. The number of ether oxygens (including phenoxy) is 1. The number of anilines is 1. The van der Waals surface area contributed by atoms with Gasteiger partial charge in [-0.25, -0.2) is 12.8 Å². The predicted molar refractivity (Wildman–Crippen MR) is 78.1 cm³/mol. The second-order valence-corrected chi connectivity index (χ2v) is 6.55. The first-order chi connectivity index (χ1) is 9.75. The molecule has 0 saturated heterocycles. The molecule has 0 spiro atoms. The quantitative estimate of drug-likeness (QED) is 0.805. The third-order valence-corrected chi connectivity index (χ3v) is 3.76. The van der Waals surface area contributed by atoms with E-state index >= 15 is 0 Å². The molecule has 0 heterocycles. The fourth-order valence-corrected chi connectivity index (χ4v) is 2.63. The maximum Gasteiger partial charge on any atom is 0.241 e. The zero-order valence-electron chi connectivity index (χ0n) is 12.2. The Morgan fingerprint density at radius 2 is 2.05 bits per heavy atom. The van der Waals surface area contributed by atoms with Crippen LogP contribution in [0.3, 0.4) is 0 Å². The number of nitrogens with zero attached hydrogens (tertiary/aromatic N) is 1. The Kier molecular flexibility index (Phi) is 6.10. The van der Waals surface area contributed by atoms with Gasteiger partial charge in [-0.2, -0.15) is 0 Å². The van der Waals surface area contributed by atoms with Crippen molar-refractivity contribution in [3.05, 3.63) is 30.1 Å². The van der Waals surface area contributed by atoms with Gasteiger partial charge >= 0.3 is 0 Å². The summed E-state index contributed by atoms with van der Waals surface area (Å²) in [6, 6.07) is 5.12. The number of benzene rings is 1. The number of amides is 1. The molecule has 0 aliphatic heterocycles. The minimum Gasteiger partial charge on any atom is -0.383 e. The summed E-state index contributed by atoms with van der Waals surface area (Å²) in [5.41, 5.74) is -0.158. The van der Waals surface area contributed by atoms with Crippen LogP contribution in [0.15, 0.2) is 24.3 Å². The standard InChI is InChI=1S/C13H19FN2O4S/c1-10(9-20-2)15-13(17)8-16(21(3,18)19)12-7-5-4-6-11(12)14/h4-7,10H,8-9H2,1-3H3,(H,15,17)/t10-/m0/s1. The number of rotatable bonds is 7. The van der Waals surface area contributed by atoms with Crippen LogP contribution in [-0.4, -0.2) is 46.9 Å². The van der Waals surface area contributed by atoms with E-state index < -0.39 is 28.3 Å². The average Bonchev–Trinajstić information content (AvgIpc) is 2.36. The first-order valence-electron chi connectivity index (χ1n) is 6.26. The highest BCUT2D eigenvalue weighted by Gasteiger charge is 2.23. The van der Waals surface area contributed by atoms with Crippen LogP contribution in [0, 0.1) is 5.82 Å². The molecule has 1 rings (SSSR count). The number of carbonyl (C=O) groups excluding carboxylic acids is 1. The maximum atomic E-state index is 13.7. The highest BCUT2D eigenvalue weighted by molar-refractivity contribution is 7.92. The predicted octanol–water partition coefficient (Wildman–Crippen LogP) is 0.743. The van der Waals surface area contributed by atoms with Gasteiger partial charge in [0.15, 0.2) is 0 Å². The number of para-hydroxylation sites is 1. The Labute approximate surface area is 123 Å². The van der Waals surface area contributed by atoms with Gasteiger partial charge in [0, 0.05) is 13.2 Å². The lowest BCUT2D eigenvalue weighted by atomic mass is 10.3. The van der Waals surface area contributed by atoms with Crippen molar-refractivity contribution in [2.24, 2.45) is 0 Å². The summed E-state index contributed by atoms with van der Waals surface area (Å²) < 4.78 is 42.9. The molecule has 1 amide bonds. The molecule has 0 aliphatic carbocycles. The van der Waals surface area contributed by atoms with E-state index in [4.69, 9.17) is 4.74 Å². The smallest absolute Gasteiger partial charge is 0.241 e. The summed E-state index contributed by atoms with van der Waals surface area (Å²) in [6.45, 7) is 1.52. The van der Waals surface area contributed by atoms with E-state index in [1.165, 1.54) is 25.3 Å². The molecule has 0 bridgehead atoms. The fraction of sp³-hybridized carbons (Fsp3) is 0.462. The molecule has 1 atom stereocenters. The van der Waals surface area contributed by atoms with E-state index in [0.29, 0.717) is 6.61 Å². The minimum atomic E-state index is -3.78. The van der Waals surface area contributed by atoms with Crippen molar-refractivity contribution in [1.82, 2.24) is 5.32 Å². The Bertz CT molecular complexity index is 592. The fourth-order valence-electron chi connectivity index (χ4n) is 1.78. The third kappa shape index (κ3) is 5.31. The number of sulfonamides is 1.